The quantitative estimate of drug-likeness (QED) is 0.707. The summed E-state index contributed by atoms with van der Waals surface area (Å²) in [5.74, 6) is -0.609. The summed E-state index contributed by atoms with van der Waals surface area (Å²) in [5.41, 5.74) is 1.13. The van der Waals surface area contributed by atoms with Crippen LogP contribution in [0.5, 0.6) is 5.75 Å². The third-order valence-electron chi connectivity index (χ3n) is 3.45. The van der Waals surface area contributed by atoms with Crippen LogP contribution in [0.4, 0.5) is 13.2 Å². The number of amides is 1. The fourth-order valence-corrected chi connectivity index (χ4v) is 2.88. The molecule has 0 bridgehead atoms. The molecular formula is C17H14F3N3O4S. The number of nitrogens with zero attached hydrogens (tertiary/aromatic N) is 1. The van der Waals surface area contributed by atoms with E-state index in [1.54, 1.807) is 4.83 Å². The maximum Gasteiger partial charge on any atom is 0.416 e. The van der Waals surface area contributed by atoms with Gasteiger partial charge in [-0.2, -0.15) is 18.4 Å². The Hall–Kier alpha value is -3.10. The lowest BCUT2D eigenvalue weighted by atomic mass is 10.2. The largest absolute Gasteiger partial charge is 0.481 e. The van der Waals surface area contributed by atoms with Crippen molar-refractivity contribution in [1.82, 2.24) is 10.3 Å². The number of rotatable bonds is 6. The molecule has 2 aromatic rings. The number of ether oxygens (including phenoxy) is 1. The van der Waals surface area contributed by atoms with Gasteiger partial charge in [-0.05, 0) is 49.4 Å². The molecule has 0 heterocycles. The van der Waals surface area contributed by atoms with Crippen molar-refractivity contribution in [2.24, 2.45) is 0 Å². The SMILES string of the molecule is C[C@@H](Oc1ccc(C#N)cc1)C(=O)NNS(=O)(=O)c1cccc(C(F)(F)F)c1. The Labute approximate surface area is 158 Å². The number of hydrogen-bond donors (Lipinski definition) is 2. The molecule has 1 amide bonds. The van der Waals surface area contributed by atoms with Crippen molar-refractivity contribution in [1.29, 1.82) is 5.26 Å². The van der Waals surface area contributed by atoms with Gasteiger partial charge < -0.3 is 4.74 Å². The number of alkyl halides is 3. The van der Waals surface area contributed by atoms with Crippen molar-refractivity contribution in [3.05, 3.63) is 59.7 Å². The average molecular weight is 413 g/mol. The number of nitrogens with one attached hydrogen (secondary N) is 2. The fraction of sp³-hybridized carbons (Fsp3) is 0.176. The van der Waals surface area contributed by atoms with Gasteiger partial charge in [0.05, 0.1) is 22.1 Å². The molecule has 0 aliphatic carbocycles. The van der Waals surface area contributed by atoms with Crippen LogP contribution in [0.25, 0.3) is 0 Å². The Balaban J connectivity index is 2.01. The number of hydrazine groups is 1. The summed E-state index contributed by atoms with van der Waals surface area (Å²) in [6.07, 6.45) is -5.84. The van der Waals surface area contributed by atoms with E-state index in [4.69, 9.17) is 10.00 Å². The second-order valence-electron chi connectivity index (χ2n) is 5.52. The van der Waals surface area contributed by atoms with Gasteiger partial charge in [0.25, 0.3) is 15.9 Å². The second kappa shape index (κ2) is 8.28. The van der Waals surface area contributed by atoms with E-state index in [-0.39, 0.29) is 5.75 Å². The van der Waals surface area contributed by atoms with Crippen LogP contribution in [-0.4, -0.2) is 20.4 Å². The first-order valence-corrected chi connectivity index (χ1v) is 9.17. The zero-order valence-electron chi connectivity index (χ0n) is 14.3. The van der Waals surface area contributed by atoms with Gasteiger partial charge in [0.2, 0.25) is 0 Å². The summed E-state index contributed by atoms with van der Waals surface area (Å²) in [4.78, 5) is 13.0. The maximum absolute atomic E-state index is 12.7. The van der Waals surface area contributed by atoms with Gasteiger partial charge in [-0.15, -0.1) is 4.83 Å². The second-order valence-corrected chi connectivity index (χ2v) is 7.20. The zero-order chi connectivity index (χ0) is 20.9. The third kappa shape index (κ3) is 5.45. The number of benzene rings is 2. The lowest BCUT2D eigenvalue weighted by Gasteiger charge is -2.15. The Bertz CT molecular complexity index is 1000. The maximum atomic E-state index is 12.7. The smallest absolute Gasteiger partial charge is 0.416 e. The fourth-order valence-electron chi connectivity index (χ4n) is 1.98. The third-order valence-corrected chi connectivity index (χ3v) is 4.69. The van der Waals surface area contributed by atoms with Gasteiger partial charge in [0.1, 0.15) is 5.75 Å². The highest BCUT2D eigenvalue weighted by Crippen LogP contribution is 2.30. The number of carbonyl (C=O) groups is 1. The Kier molecular flexibility index (Phi) is 6.27. The monoisotopic (exact) mass is 413 g/mol. The molecule has 0 aromatic heterocycles. The first-order chi connectivity index (χ1) is 13.0. The Morgan fingerprint density at radius 3 is 2.39 bits per heavy atom. The van der Waals surface area contributed by atoms with Crippen molar-refractivity contribution in [3.63, 3.8) is 0 Å². The van der Waals surface area contributed by atoms with Crippen LogP contribution in [0.1, 0.15) is 18.1 Å². The highest BCUT2D eigenvalue weighted by molar-refractivity contribution is 7.89. The number of hydrogen-bond acceptors (Lipinski definition) is 5. The zero-order valence-corrected chi connectivity index (χ0v) is 15.1. The lowest BCUT2D eigenvalue weighted by Crippen LogP contribution is -2.47. The Morgan fingerprint density at radius 1 is 1.18 bits per heavy atom. The van der Waals surface area contributed by atoms with E-state index in [2.05, 4.69) is 0 Å². The summed E-state index contributed by atoms with van der Waals surface area (Å²) < 4.78 is 67.6. The van der Waals surface area contributed by atoms with Gasteiger partial charge in [0, 0.05) is 0 Å². The topological polar surface area (TPSA) is 108 Å². The number of nitriles is 1. The first-order valence-electron chi connectivity index (χ1n) is 7.68. The van der Waals surface area contributed by atoms with Crippen LogP contribution in [0.3, 0.4) is 0 Å². The van der Waals surface area contributed by atoms with E-state index in [1.807, 2.05) is 11.5 Å². The van der Waals surface area contributed by atoms with Crippen molar-refractivity contribution >= 4 is 15.9 Å². The molecular weight excluding hydrogens is 399 g/mol. The molecule has 0 saturated carbocycles. The molecule has 0 fully saturated rings. The number of sulfonamides is 1. The van der Waals surface area contributed by atoms with Crippen molar-refractivity contribution in [3.8, 4) is 11.8 Å². The van der Waals surface area contributed by atoms with Crippen molar-refractivity contribution in [2.75, 3.05) is 0 Å². The summed E-state index contributed by atoms with van der Waals surface area (Å²) in [7, 11) is -4.43. The van der Waals surface area contributed by atoms with Crippen LogP contribution >= 0.6 is 0 Å². The summed E-state index contributed by atoms with van der Waals surface area (Å²) in [5, 5.41) is 8.72. The van der Waals surface area contributed by atoms with E-state index in [9.17, 15) is 26.4 Å². The molecule has 1 atom stereocenters. The van der Waals surface area contributed by atoms with Crippen molar-refractivity contribution < 1.29 is 31.1 Å². The predicted molar refractivity (Wildman–Crippen MR) is 91.2 cm³/mol. The molecule has 2 rings (SSSR count). The number of halogens is 3. The van der Waals surface area contributed by atoms with Gasteiger partial charge in [-0.25, -0.2) is 8.42 Å². The molecule has 2 aromatic carbocycles. The van der Waals surface area contributed by atoms with Gasteiger partial charge in [-0.1, -0.05) is 6.07 Å². The standard InChI is InChI=1S/C17H14F3N3O4S/c1-11(27-14-7-5-12(10-21)6-8-14)16(24)22-23-28(25,26)15-4-2-3-13(9-15)17(18,19)20/h2-9,11,23H,1H3,(H,22,24)/t11-/m1/s1. The van der Waals surface area contributed by atoms with Crippen LogP contribution < -0.4 is 15.0 Å². The number of carbonyl (C=O) groups excluding carboxylic acids is 1. The molecule has 0 radical (unpaired) electrons. The molecule has 0 spiro atoms. The molecule has 0 unspecified atom stereocenters. The molecule has 148 valence electrons. The van der Waals surface area contributed by atoms with Crippen molar-refractivity contribution in [2.45, 2.75) is 24.1 Å². The van der Waals surface area contributed by atoms with E-state index < -0.39 is 38.7 Å². The molecule has 0 saturated heterocycles. The Morgan fingerprint density at radius 2 is 1.82 bits per heavy atom. The minimum absolute atomic E-state index is 0.266. The lowest BCUT2D eigenvalue weighted by molar-refractivity contribution is -0.137. The molecule has 0 aliphatic rings. The molecule has 28 heavy (non-hydrogen) atoms. The average Bonchev–Trinajstić information content (AvgIpc) is 2.66. The normalized spacial score (nSPS) is 12.7. The van der Waals surface area contributed by atoms with Crippen LogP contribution in [-0.2, 0) is 21.0 Å². The van der Waals surface area contributed by atoms with E-state index in [1.165, 1.54) is 31.2 Å². The molecule has 0 aliphatic heterocycles. The van der Waals surface area contributed by atoms with Gasteiger partial charge in [-0.3, -0.25) is 10.2 Å². The van der Waals surface area contributed by atoms with E-state index in [0.717, 1.165) is 18.2 Å². The minimum atomic E-state index is -4.71. The molecule has 2 N–H and O–H groups in total. The van der Waals surface area contributed by atoms with Crippen LogP contribution in [0, 0.1) is 11.3 Å². The molecule has 7 nitrogen and oxygen atoms in total. The van der Waals surface area contributed by atoms with Gasteiger partial charge >= 0.3 is 6.18 Å². The van der Waals surface area contributed by atoms with E-state index >= 15 is 0 Å². The highest BCUT2D eigenvalue weighted by atomic mass is 32.2. The summed E-state index contributed by atoms with van der Waals surface area (Å²) in [6.45, 7) is 1.34. The minimum Gasteiger partial charge on any atom is -0.481 e. The first kappa shape index (κ1) is 21.2. The summed E-state index contributed by atoms with van der Waals surface area (Å²) >= 11 is 0. The van der Waals surface area contributed by atoms with Crippen LogP contribution in [0.2, 0.25) is 0 Å². The summed E-state index contributed by atoms with van der Waals surface area (Å²) in [6, 6.07) is 10.8. The predicted octanol–water partition coefficient (Wildman–Crippen LogP) is 2.35. The van der Waals surface area contributed by atoms with E-state index in [0.29, 0.717) is 11.6 Å². The molecule has 11 heteroatoms. The highest BCUT2D eigenvalue weighted by Gasteiger charge is 2.31. The van der Waals surface area contributed by atoms with Gasteiger partial charge in [0.15, 0.2) is 6.10 Å². The van der Waals surface area contributed by atoms with Crippen LogP contribution in [0.15, 0.2) is 53.4 Å².